The molecule has 0 fully saturated rings. The molecule has 2 aromatic heterocycles. The van der Waals surface area contributed by atoms with Gasteiger partial charge in [-0.3, -0.25) is 9.59 Å². The van der Waals surface area contributed by atoms with Gasteiger partial charge in [-0.05, 0) is 74.2 Å². The molecule has 3 aromatic rings. The van der Waals surface area contributed by atoms with Gasteiger partial charge in [-0.1, -0.05) is 6.92 Å². The summed E-state index contributed by atoms with van der Waals surface area (Å²) in [5, 5.41) is 0.625. The second-order valence-electron chi connectivity index (χ2n) is 6.66. The molecule has 0 amide bonds. The Hall–Kier alpha value is -2.25. The molecule has 1 N–H and O–H groups in total. The second kappa shape index (κ2) is 7.40. The number of H-pyrrole nitrogens is 1. The van der Waals surface area contributed by atoms with Crippen LogP contribution in [0.3, 0.4) is 0 Å². The highest BCUT2D eigenvalue weighted by atomic mass is 32.1. The SMILES string of the molecule is CCCOc1ccc(C(=O)n2c(=S)[nH]c3sc4c(c3c2=O)CCCC4)cc1. The highest BCUT2D eigenvalue weighted by molar-refractivity contribution is 7.71. The predicted molar refractivity (Wildman–Crippen MR) is 110 cm³/mol. The Bertz CT molecular complexity index is 1120. The fourth-order valence-electron chi connectivity index (χ4n) is 3.46. The summed E-state index contributed by atoms with van der Waals surface area (Å²) in [5.41, 5.74) is 1.18. The number of rotatable bonds is 4. The lowest BCUT2D eigenvalue weighted by Gasteiger charge is -2.10. The van der Waals surface area contributed by atoms with Gasteiger partial charge in [0.2, 0.25) is 0 Å². The molecule has 0 saturated heterocycles. The third-order valence-electron chi connectivity index (χ3n) is 4.79. The molecule has 0 atom stereocenters. The number of carbonyl (C=O) groups excluding carboxylic acids is 1. The monoisotopic (exact) mass is 400 g/mol. The van der Waals surface area contributed by atoms with Gasteiger partial charge in [-0.2, -0.15) is 0 Å². The molecule has 0 bridgehead atoms. The number of hydrogen-bond acceptors (Lipinski definition) is 5. The number of nitrogens with one attached hydrogen (secondary N) is 1. The summed E-state index contributed by atoms with van der Waals surface area (Å²) >= 11 is 6.93. The molecule has 0 aliphatic heterocycles. The number of benzene rings is 1. The van der Waals surface area contributed by atoms with Crippen molar-refractivity contribution in [1.82, 2.24) is 9.55 Å². The number of aromatic nitrogens is 2. The van der Waals surface area contributed by atoms with Crippen LogP contribution in [0, 0.1) is 4.77 Å². The Morgan fingerprint density at radius 2 is 2.00 bits per heavy atom. The highest BCUT2D eigenvalue weighted by Crippen LogP contribution is 2.33. The van der Waals surface area contributed by atoms with Crippen LogP contribution >= 0.6 is 23.6 Å². The highest BCUT2D eigenvalue weighted by Gasteiger charge is 2.22. The maximum absolute atomic E-state index is 13.1. The zero-order valence-electron chi connectivity index (χ0n) is 15.0. The van der Waals surface area contributed by atoms with E-state index in [1.807, 2.05) is 6.92 Å². The van der Waals surface area contributed by atoms with Crippen LogP contribution in [0.25, 0.3) is 10.2 Å². The number of hydrogen-bond donors (Lipinski definition) is 1. The van der Waals surface area contributed by atoms with E-state index in [4.69, 9.17) is 17.0 Å². The van der Waals surface area contributed by atoms with Crippen molar-refractivity contribution in [3.63, 3.8) is 0 Å². The second-order valence-corrected chi connectivity index (χ2v) is 8.16. The minimum Gasteiger partial charge on any atom is -0.494 e. The Kier molecular flexibility index (Phi) is 4.97. The van der Waals surface area contributed by atoms with E-state index >= 15 is 0 Å². The standard InChI is InChI=1S/C20H20N2O3S2/c1-2-11-25-13-9-7-12(8-10-13)18(23)22-19(24)16-14-5-3-4-6-15(14)27-17(16)21-20(22)26/h7-10H,2-6,11H2,1H3,(H,21,26). The summed E-state index contributed by atoms with van der Waals surface area (Å²) in [6.45, 7) is 2.66. The van der Waals surface area contributed by atoms with E-state index in [9.17, 15) is 9.59 Å². The molecule has 0 spiro atoms. The third kappa shape index (κ3) is 3.26. The van der Waals surface area contributed by atoms with Gasteiger partial charge in [0.1, 0.15) is 10.6 Å². The maximum Gasteiger partial charge on any atom is 0.270 e. The summed E-state index contributed by atoms with van der Waals surface area (Å²) in [6, 6.07) is 6.82. The number of aromatic amines is 1. The van der Waals surface area contributed by atoms with Gasteiger partial charge in [-0.25, -0.2) is 4.57 Å². The molecule has 7 heteroatoms. The molecule has 0 unspecified atom stereocenters. The molecule has 27 heavy (non-hydrogen) atoms. The minimum atomic E-state index is -0.416. The van der Waals surface area contributed by atoms with E-state index < -0.39 is 5.91 Å². The summed E-state index contributed by atoms with van der Waals surface area (Å²) in [5.74, 6) is 0.286. The lowest BCUT2D eigenvalue weighted by atomic mass is 9.97. The zero-order chi connectivity index (χ0) is 19.0. The number of nitrogens with zero attached hydrogens (tertiary/aromatic N) is 1. The fourth-order valence-corrected chi connectivity index (χ4v) is 5.08. The molecular weight excluding hydrogens is 380 g/mol. The molecule has 4 rings (SSSR count). The summed E-state index contributed by atoms with van der Waals surface area (Å²) in [4.78, 5) is 31.2. The van der Waals surface area contributed by atoms with Gasteiger partial charge in [0, 0.05) is 10.4 Å². The van der Waals surface area contributed by atoms with Crippen LogP contribution in [0.5, 0.6) is 5.75 Å². The van der Waals surface area contributed by atoms with Crippen LogP contribution in [-0.4, -0.2) is 22.1 Å². The molecule has 0 saturated carbocycles. The van der Waals surface area contributed by atoms with Gasteiger partial charge < -0.3 is 9.72 Å². The quantitative estimate of drug-likeness (QED) is 0.656. The molecule has 1 aliphatic carbocycles. The van der Waals surface area contributed by atoms with Crippen molar-refractivity contribution in [2.24, 2.45) is 0 Å². The Labute approximate surface area is 165 Å². The first-order chi connectivity index (χ1) is 13.1. The van der Waals surface area contributed by atoms with E-state index in [0.717, 1.165) is 47.1 Å². The third-order valence-corrected chi connectivity index (χ3v) is 6.28. The molecule has 0 radical (unpaired) electrons. The number of carbonyl (C=O) groups is 1. The molecule has 1 aliphatic rings. The normalized spacial score (nSPS) is 13.5. The van der Waals surface area contributed by atoms with Crippen LogP contribution in [0.4, 0.5) is 0 Å². The van der Waals surface area contributed by atoms with E-state index in [0.29, 0.717) is 23.3 Å². The topological polar surface area (TPSA) is 64.1 Å². The number of fused-ring (bicyclic) bond motifs is 3. The van der Waals surface area contributed by atoms with Crippen molar-refractivity contribution in [3.05, 3.63) is 55.4 Å². The number of aryl methyl sites for hydroxylation is 2. The minimum absolute atomic E-state index is 0.141. The van der Waals surface area contributed by atoms with Crippen molar-refractivity contribution in [3.8, 4) is 5.75 Å². The fraction of sp³-hybridized carbons (Fsp3) is 0.350. The van der Waals surface area contributed by atoms with Crippen LogP contribution in [0.2, 0.25) is 0 Å². The zero-order valence-corrected chi connectivity index (χ0v) is 16.7. The summed E-state index contributed by atoms with van der Waals surface area (Å²) in [7, 11) is 0. The van der Waals surface area contributed by atoms with Crippen molar-refractivity contribution in [2.75, 3.05) is 6.61 Å². The van der Waals surface area contributed by atoms with E-state index in [1.165, 1.54) is 4.88 Å². The average molecular weight is 401 g/mol. The van der Waals surface area contributed by atoms with E-state index in [2.05, 4.69) is 4.98 Å². The van der Waals surface area contributed by atoms with Crippen molar-refractivity contribution in [2.45, 2.75) is 39.0 Å². The molecule has 1 aromatic carbocycles. The first kappa shape index (κ1) is 18.1. The predicted octanol–water partition coefficient (Wildman–Crippen LogP) is 4.48. The Balaban J connectivity index is 1.78. The van der Waals surface area contributed by atoms with Crippen LogP contribution in [0.1, 0.15) is 47.0 Å². The average Bonchev–Trinajstić information content (AvgIpc) is 3.04. The van der Waals surface area contributed by atoms with Gasteiger partial charge in [0.05, 0.1) is 12.0 Å². The summed E-state index contributed by atoms with van der Waals surface area (Å²) in [6.07, 6.45) is 4.99. The van der Waals surface area contributed by atoms with E-state index in [1.54, 1.807) is 35.6 Å². The number of thiophene rings is 1. The van der Waals surface area contributed by atoms with Gasteiger partial charge in [-0.15, -0.1) is 11.3 Å². The smallest absolute Gasteiger partial charge is 0.270 e. The molecular formula is C20H20N2O3S2. The lowest BCUT2D eigenvalue weighted by molar-refractivity contribution is 0.0953. The van der Waals surface area contributed by atoms with Gasteiger partial charge in [0.25, 0.3) is 11.5 Å². The van der Waals surface area contributed by atoms with Gasteiger partial charge >= 0.3 is 0 Å². The maximum atomic E-state index is 13.1. The van der Waals surface area contributed by atoms with Crippen LogP contribution in [0.15, 0.2) is 29.1 Å². The van der Waals surface area contributed by atoms with Crippen LogP contribution in [-0.2, 0) is 12.8 Å². The lowest BCUT2D eigenvalue weighted by Crippen LogP contribution is -2.29. The first-order valence-electron chi connectivity index (χ1n) is 9.17. The largest absolute Gasteiger partial charge is 0.494 e. The molecule has 5 nitrogen and oxygen atoms in total. The Morgan fingerprint density at radius 1 is 1.26 bits per heavy atom. The van der Waals surface area contributed by atoms with E-state index in [-0.39, 0.29) is 10.3 Å². The molecule has 140 valence electrons. The molecule has 2 heterocycles. The van der Waals surface area contributed by atoms with Crippen molar-refractivity contribution in [1.29, 1.82) is 0 Å². The van der Waals surface area contributed by atoms with Crippen molar-refractivity contribution < 1.29 is 9.53 Å². The van der Waals surface area contributed by atoms with Crippen molar-refractivity contribution >= 4 is 39.7 Å². The Morgan fingerprint density at radius 3 is 2.74 bits per heavy atom. The van der Waals surface area contributed by atoms with Crippen LogP contribution < -0.4 is 10.3 Å². The van der Waals surface area contributed by atoms with Gasteiger partial charge in [0.15, 0.2) is 4.77 Å². The first-order valence-corrected chi connectivity index (χ1v) is 10.4. The summed E-state index contributed by atoms with van der Waals surface area (Å²) < 4.78 is 6.77. The number of ether oxygens (including phenoxy) is 1.